The number of hydrogen-bond acceptors (Lipinski definition) is 3. The molecule has 2 aromatic rings. The number of aromatic nitrogens is 4. The van der Waals surface area contributed by atoms with Crippen LogP contribution in [0.15, 0.2) is 24.8 Å². The lowest BCUT2D eigenvalue weighted by molar-refractivity contribution is 0.848. The molecule has 2 heterocycles. The lowest BCUT2D eigenvalue weighted by Crippen LogP contribution is -2.04. The highest BCUT2D eigenvalue weighted by molar-refractivity contribution is 5.28. The fraction of sp³-hybridized carbons (Fsp3) is 0.300. The zero-order valence-corrected chi connectivity index (χ0v) is 8.31. The fourth-order valence-corrected chi connectivity index (χ4v) is 1.43. The Hall–Kier alpha value is -1.71. The molecule has 72 valence electrons. The Bertz CT molecular complexity index is 433. The van der Waals surface area contributed by atoms with Gasteiger partial charge in [-0.3, -0.25) is 9.55 Å². The molecule has 0 aliphatic carbocycles. The van der Waals surface area contributed by atoms with Crippen molar-refractivity contribution in [1.29, 1.82) is 0 Å². The van der Waals surface area contributed by atoms with E-state index in [1.807, 2.05) is 17.7 Å². The summed E-state index contributed by atoms with van der Waals surface area (Å²) in [7, 11) is 0. The van der Waals surface area contributed by atoms with Crippen LogP contribution in [-0.4, -0.2) is 19.5 Å². The highest BCUT2D eigenvalue weighted by Gasteiger charge is 2.06. The van der Waals surface area contributed by atoms with Crippen molar-refractivity contribution in [1.82, 2.24) is 19.5 Å². The highest BCUT2D eigenvalue weighted by atomic mass is 15.1. The minimum absolute atomic E-state index is 0.863. The van der Waals surface area contributed by atoms with E-state index in [0.717, 1.165) is 23.8 Å². The monoisotopic (exact) mass is 188 g/mol. The Morgan fingerprint density at radius 3 is 2.64 bits per heavy atom. The Labute approximate surface area is 82.7 Å². The molecule has 0 N–H and O–H groups in total. The minimum Gasteiger partial charge on any atom is -0.286 e. The summed E-state index contributed by atoms with van der Waals surface area (Å²) in [5.74, 6) is 1.87. The molecule has 0 saturated carbocycles. The standard InChI is InChI=1S/C10H12N4/c1-3-9-12-6-7-14(9)10-8(2)11-4-5-13-10/h4-7H,3H2,1-2H3. The van der Waals surface area contributed by atoms with Crippen LogP contribution < -0.4 is 0 Å². The Kier molecular flexibility index (Phi) is 2.26. The van der Waals surface area contributed by atoms with E-state index in [-0.39, 0.29) is 0 Å². The molecule has 0 spiro atoms. The van der Waals surface area contributed by atoms with Crippen LogP contribution in [0.2, 0.25) is 0 Å². The molecule has 0 saturated heterocycles. The lowest BCUT2D eigenvalue weighted by atomic mass is 10.4. The molecule has 0 bridgehead atoms. The molecule has 2 rings (SSSR count). The second-order valence-corrected chi connectivity index (χ2v) is 3.03. The highest BCUT2D eigenvalue weighted by Crippen LogP contribution is 2.10. The van der Waals surface area contributed by atoms with Crippen molar-refractivity contribution in [2.24, 2.45) is 0 Å². The summed E-state index contributed by atoms with van der Waals surface area (Å²) in [5.41, 5.74) is 0.917. The van der Waals surface area contributed by atoms with Crippen molar-refractivity contribution < 1.29 is 0 Å². The van der Waals surface area contributed by atoms with Gasteiger partial charge in [0.1, 0.15) is 5.82 Å². The summed E-state index contributed by atoms with van der Waals surface area (Å²) in [6.07, 6.45) is 7.98. The van der Waals surface area contributed by atoms with Gasteiger partial charge in [0.05, 0.1) is 5.69 Å². The largest absolute Gasteiger partial charge is 0.286 e. The van der Waals surface area contributed by atoms with Crippen molar-refractivity contribution in [3.05, 3.63) is 36.3 Å². The van der Waals surface area contributed by atoms with Crippen LogP contribution in [0.4, 0.5) is 0 Å². The van der Waals surface area contributed by atoms with Gasteiger partial charge in [0.2, 0.25) is 0 Å². The third-order valence-corrected chi connectivity index (χ3v) is 2.12. The maximum absolute atomic E-state index is 4.29. The predicted octanol–water partition coefficient (Wildman–Crippen LogP) is 1.53. The second kappa shape index (κ2) is 3.57. The van der Waals surface area contributed by atoms with E-state index in [2.05, 4.69) is 21.9 Å². The summed E-state index contributed by atoms with van der Waals surface area (Å²) in [5, 5.41) is 0. The van der Waals surface area contributed by atoms with Crippen LogP contribution in [0.3, 0.4) is 0 Å². The normalized spacial score (nSPS) is 10.4. The van der Waals surface area contributed by atoms with Crippen molar-refractivity contribution in [2.75, 3.05) is 0 Å². The van der Waals surface area contributed by atoms with Crippen LogP contribution in [-0.2, 0) is 6.42 Å². The predicted molar refractivity (Wildman–Crippen MR) is 53.3 cm³/mol. The summed E-state index contributed by atoms with van der Waals surface area (Å²) in [6.45, 7) is 4.02. The van der Waals surface area contributed by atoms with E-state index in [1.165, 1.54) is 0 Å². The molecule has 0 radical (unpaired) electrons. The van der Waals surface area contributed by atoms with Crippen molar-refractivity contribution >= 4 is 0 Å². The van der Waals surface area contributed by atoms with Crippen LogP contribution >= 0.6 is 0 Å². The van der Waals surface area contributed by atoms with Gasteiger partial charge in [0, 0.05) is 31.2 Å². The van der Waals surface area contributed by atoms with Gasteiger partial charge in [-0.15, -0.1) is 0 Å². The van der Waals surface area contributed by atoms with Gasteiger partial charge >= 0.3 is 0 Å². The van der Waals surface area contributed by atoms with Crippen LogP contribution in [0.1, 0.15) is 18.4 Å². The van der Waals surface area contributed by atoms with Gasteiger partial charge in [0.25, 0.3) is 0 Å². The van der Waals surface area contributed by atoms with E-state index in [0.29, 0.717) is 0 Å². The summed E-state index contributed by atoms with van der Waals surface area (Å²) in [4.78, 5) is 12.7. The number of nitrogens with zero attached hydrogens (tertiary/aromatic N) is 4. The molecule has 4 nitrogen and oxygen atoms in total. The van der Waals surface area contributed by atoms with Gasteiger partial charge in [-0.2, -0.15) is 0 Å². The van der Waals surface area contributed by atoms with E-state index >= 15 is 0 Å². The first-order valence-corrected chi connectivity index (χ1v) is 4.63. The molecule has 4 heteroatoms. The molecular formula is C10H12N4. The van der Waals surface area contributed by atoms with Crippen molar-refractivity contribution in [3.63, 3.8) is 0 Å². The average molecular weight is 188 g/mol. The summed E-state index contributed by atoms with van der Waals surface area (Å²) < 4.78 is 1.97. The molecule has 0 unspecified atom stereocenters. The maximum atomic E-state index is 4.29. The quantitative estimate of drug-likeness (QED) is 0.717. The van der Waals surface area contributed by atoms with Crippen LogP contribution in [0.5, 0.6) is 0 Å². The van der Waals surface area contributed by atoms with Crippen LogP contribution in [0, 0.1) is 6.92 Å². The Morgan fingerprint density at radius 1 is 1.14 bits per heavy atom. The number of hydrogen-bond donors (Lipinski definition) is 0. The van der Waals surface area contributed by atoms with Crippen LogP contribution in [0.25, 0.3) is 5.82 Å². The van der Waals surface area contributed by atoms with Crippen molar-refractivity contribution in [2.45, 2.75) is 20.3 Å². The molecule has 0 atom stereocenters. The Balaban J connectivity index is 2.54. The number of rotatable bonds is 2. The molecule has 0 amide bonds. The second-order valence-electron chi connectivity index (χ2n) is 3.03. The first kappa shape index (κ1) is 8.87. The SMILES string of the molecule is CCc1nccn1-c1nccnc1C. The maximum Gasteiger partial charge on any atom is 0.159 e. The Morgan fingerprint density at radius 2 is 1.93 bits per heavy atom. The fourth-order valence-electron chi connectivity index (χ4n) is 1.43. The first-order chi connectivity index (χ1) is 6.83. The number of aryl methyl sites for hydroxylation is 2. The molecular weight excluding hydrogens is 176 g/mol. The van der Waals surface area contributed by atoms with Gasteiger partial charge < -0.3 is 0 Å². The molecule has 14 heavy (non-hydrogen) atoms. The minimum atomic E-state index is 0.863. The van der Waals surface area contributed by atoms with E-state index in [4.69, 9.17) is 0 Å². The smallest absolute Gasteiger partial charge is 0.159 e. The third-order valence-electron chi connectivity index (χ3n) is 2.12. The topological polar surface area (TPSA) is 43.6 Å². The summed E-state index contributed by atoms with van der Waals surface area (Å²) >= 11 is 0. The third kappa shape index (κ3) is 1.39. The zero-order chi connectivity index (χ0) is 9.97. The van der Waals surface area contributed by atoms with E-state index < -0.39 is 0 Å². The van der Waals surface area contributed by atoms with Gasteiger partial charge in [-0.1, -0.05) is 6.92 Å². The van der Waals surface area contributed by atoms with Crippen molar-refractivity contribution in [3.8, 4) is 5.82 Å². The molecule has 2 aromatic heterocycles. The van der Waals surface area contributed by atoms with E-state index in [1.54, 1.807) is 18.6 Å². The first-order valence-electron chi connectivity index (χ1n) is 4.63. The number of imidazole rings is 1. The van der Waals surface area contributed by atoms with Gasteiger partial charge in [-0.05, 0) is 6.92 Å². The molecule has 0 aliphatic rings. The molecule has 0 aliphatic heterocycles. The van der Waals surface area contributed by atoms with E-state index in [9.17, 15) is 0 Å². The zero-order valence-electron chi connectivity index (χ0n) is 8.31. The molecule has 0 aromatic carbocycles. The summed E-state index contributed by atoms with van der Waals surface area (Å²) in [6, 6.07) is 0. The molecule has 0 fully saturated rings. The van der Waals surface area contributed by atoms with Gasteiger partial charge in [0.15, 0.2) is 5.82 Å². The average Bonchev–Trinajstić information content (AvgIpc) is 2.66. The van der Waals surface area contributed by atoms with Gasteiger partial charge in [-0.25, -0.2) is 9.97 Å². The lowest BCUT2D eigenvalue weighted by Gasteiger charge is -2.06.